The zero-order valence-corrected chi connectivity index (χ0v) is 24.1. The minimum absolute atomic E-state index is 0.209. The lowest BCUT2D eigenvalue weighted by atomic mass is 10.1. The summed E-state index contributed by atoms with van der Waals surface area (Å²) in [6.45, 7) is 6.76. The van der Waals surface area contributed by atoms with E-state index >= 15 is 0 Å². The SMILES string of the molecule is CC(c1cc2ccccn2c1-c1ccc(OCCN2CCOCC2)cn1)n1nc(-c2cc(O)cc(F)c2)c2c(N)ncnc21. The number of hydrogen-bond acceptors (Lipinski definition) is 9. The summed E-state index contributed by atoms with van der Waals surface area (Å²) in [6.07, 6.45) is 5.13. The van der Waals surface area contributed by atoms with E-state index < -0.39 is 5.82 Å². The zero-order valence-electron chi connectivity index (χ0n) is 24.1. The van der Waals surface area contributed by atoms with Gasteiger partial charge < -0.3 is 24.7 Å². The van der Waals surface area contributed by atoms with Gasteiger partial charge in [-0.15, -0.1) is 0 Å². The van der Waals surface area contributed by atoms with Gasteiger partial charge in [0.2, 0.25) is 0 Å². The van der Waals surface area contributed by atoms with Crippen LogP contribution in [0.3, 0.4) is 0 Å². The van der Waals surface area contributed by atoms with Gasteiger partial charge >= 0.3 is 0 Å². The van der Waals surface area contributed by atoms with Gasteiger partial charge in [-0.25, -0.2) is 19.0 Å². The van der Waals surface area contributed by atoms with Crippen LogP contribution in [-0.4, -0.2) is 78.6 Å². The van der Waals surface area contributed by atoms with E-state index in [1.54, 1.807) is 10.9 Å². The number of nitrogen functional groups attached to an aromatic ring is 1. The monoisotopic (exact) mass is 594 g/mol. The summed E-state index contributed by atoms with van der Waals surface area (Å²) < 4.78 is 29.6. The van der Waals surface area contributed by atoms with Crippen molar-refractivity contribution in [2.45, 2.75) is 13.0 Å². The Morgan fingerprint density at radius 3 is 2.73 bits per heavy atom. The highest BCUT2D eigenvalue weighted by Crippen LogP contribution is 2.38. The number of halogens is 1. The van der Waals surface area contributed by atoms with E-state index in [9.17, 15) is 9.50 Å². The van der Waals surface area contributed by atoms with Gasteiger partial charge in [0.15, 0.2) is 5.65 Å². The molecule has 0 bridgehead atoms. The number of hydrogen-bond donors (Lipinski definition) is 2. The number of rotatable bonds is 8. The third kappa shape index (κ3) is 5.18. The van der Waals surface area contributed by atoms with Crippen molar-refractivity contribution >= 4 is 22.4 Å². The molecule has 1 unspecified atom stereocenters. The molecule has 0 amide bonds. The van der Waals surface area contributed by atoms with E-state index in [1.807, 2.05) is 43.5 Å². The Morgan fingerprint density at radius 2 is 1.93 bits per heavy atom. The summed E-state index contributed by atoms with van der Waals surface area (Å²) in [6, 6.07) is 15.4. The molecule has 0 aliphatic carbocycles. The maximum absolute atomic E-state index is 14.3. The van der Waals surface area contributed by atoms with Gasteiger partial charge in [0.1, 0.15) is 41.8 Å². The fourth-order valence-electron chi connectivity index (χ4n) is 5.77. The highest BCUT2D eigenvalue weighted by atomic mass is 19.1. The standard InChI is InChI=1S/C32H31FN8O3/c1-20(41-32-28(31(34)36-19-37-32)29(38-41)21-14-22(33)16-24(42)15-21)26-17-23-4-2-3-7-40(23)30(26)27-6-5-25(18-35-27)44-13-10-39-8-11-43-12-9-39/h2-7,14-20,42H,8-13H2,1H3,(H2,34,36,37). The second-order valence-electron chi connectivity index (χ2n) is 10.8. The Kier molecular flexibility index (Phi) is 7.28. The largest absolute Gasteiger partial charge is 0.508 e. The minimum Gasteiger partial charge on any atom is -0.508 e. The molecule has 6 heterocycles. The predicted molar refractivity (Wildman–Crippen MR) is 164 cm³/mol. The molecule has 5 aromatic heterocycles. The molecule has 1 saturated heterocycles. The van der Waals surface area contributed by atoms with Crippen LogP contribution in [0.1, 0.15) is 18.5 Å². The van der Waals surface area contributed by atoms with Crippen LogP contribution in [0.5, 0.6) is 11.5 Å². The molecule has 1 aliphatic heterocycles. The topological polar surface area (TPSA) is 129 Å². The van der Waals surface area contributed by atoms with E-state index in [1.165, 1.54) is 18.5 Å². The second-order valence-corrected chi connectivity index (χ2v) is 10.8. The van der Waals surface area contributed by atoms with Crippen molar-refractivity contribution in [2.24, 2.45) is 0 Å². The normalized spacial score (nSPS) is 14.8. The van der Waals surface area contributed by atoms with Crippen LogP contribution in [0.15, 0.2) is 73.3 Å². The summed E-state index contributed by atoms with van der Waals surface area (Å²) in [4.78, 5) is 15.8. The molecule has 11 nitrogen and oxygen atoms in total. The van der Waals surface area contributed by atoms with Gasteiger partial charge in [0.25, 0.3) is 0 Å². The molecule has 0 radical (unpaired) electrons. The molecule has 12 heteroatoms. The number of aromatic hydroxyl groups is 1. The van der Waals surface area contributed by atoms with Gasteiger partial charge in [0, 0.05) is 48.5 Å². The number of pyridine rings is 2. The molecule has 1 aliphatic rings. The van der Waals surface area contributed by atoms with Gasteiger partial charge in [0.05, 0.1) is 42.2 Å². The van der Waals surface area contributed by atoms with E-state index in [0.29, 0.717) is 34.6 Å². The summed E-state index contributed by atoms with van der Waals surface area (Å²) in [5.74, 6) is 0.101. The molecule has 6 aromatic rings. The number of morpholine rings is 1. The number of phenolic OH excluding ortho intramolecular Hbond substituents is 1. The third-order valence-corrected chi connectivity index (χ3v) is 7.96. The zero-order chi connectivity index (χ0) is 30.2. The summed E-state index contributed by atoms with van der Waals surface area (Å²) in [5.41, 5.74) is 11.1. The predicted octanol–water partition coefficient (Wildman–Crippen LogP) is 4.56. The van der Waals surface area contributed by atoms with Crippen molar-refractivity contribution < 1.29 is 19.0 Å². The first kappa shape index (κ1) is 27.7. The van der Waals surface area contributed by atoms with Crippen molar-refractivity contribution in [1.29, 1.82) is 0 Å². The average Bonchev–Trinajstić information content (AvgIpc) is 3.62. The lowest BCUT2D eigenvalue weighted by Gasteiger charge is -2.26. The highest BCUT2D eigenvalue weighted by Gasteiger charge is 2.25. The van der Waals surface area contributed by atoms with Crippen LogP contribution in [-0.2, 0) is 4.74 Å². The number of fused-ring (bicyclic) bond motifs is 2. The fraction of sp³-hybridized carbons (Fsp3) is 0.250. The number of aromatic nitrogens is 6. The van der Waals surface area contributed by atoms with Crippen molar-refractivity contribution in [3.8, 4) is 34.1 Å². The number of nitrogens with two attached hydrogens (primary N) is 1. The Bertz CT molecular complexity index is 1930. The van der Waals surface area contributed by atoms with E-state index in [-0.39, 0.29) is 17.6 Å². The van der Waals surface area contributed by atoms with Crippen LogP contribution >= 0.6 is 0 Å². The highest BCUT2D eigenvalue weighted by molar-refractivity contribution is 5.98. The first-order valence-corrected chi connectivity index (χ1v) is 14.4. The van der Waals surface area contributed by atoms with Gasteiger partial charge in [-0.3, -0.25) is 9.88 Å². The number of phenols is 1. The molecule has 0 saturated carbocycles. The van der Waals surface area contributed by atoms with E-state index in [4.69, 9.17) is 25.3 Å². The first-order valence-electron chi connectivity index (χ1n) is 14.4. The van der Waals surface area contributed by atoms with Crippen molar-refractivity contribution in [3.05, 3.63) is 84.7 Å². The number of ether oxygens (including phenoxy) is 2. The molecular formula is C32H31FN8O3. The Labute approximate surface area is 252 Å². The van der Waals surface area contributed by atoms with Crippen LogP contribution in [0.4, 0.5) is 10.2 Å². The van der Waals surface area contributed by atoms with Gasteiger partial charge in [-0.1, -0.05) is 6.07 Å². The van der Waals surface area contributed by atoms with E-state index in [0.717, 1.165) is 61.4 Å². The summed E-state index contributed by atoms with van der Waals surface area (Å²) in [5, 5.41) is 15.4. The van der Waals surface area contributed by atoms with Gasteiger partial charge in [-0.05, 0) is 49.4 Å². The quantitative estimate of drug-likeness (QED) is 0.261. The second kappa shape index (κ2) is 11.5. The molecular weight excluding hydrogens is 563 g/mol. The summed E-state index contributed by atoms with van der Waals surface area (Å²) >= 11 is 0. The number of benzene rings is 1. The van der Waals surface area contributed by atoms with Crippen LogP contribution in [0.2, 0.25) is 0 Å². The molecule has 0 spiro atoms. The molecule has 1 aromatic carbocycles. The maximum Gasteiger partial charge on any atom is 0.164 e. The number of anilines is 1. The Morgan fingerprint density at radius 1 is 1.07 bits per heavy atom. The summed E-state index contributed by atoms with van der Waals surface area (Å²) in [7, 11) is 0. The molecule has 1 atom stereocenters. The molecule has 3 N–H and O–H groups in total. The minimum atomic E-state index is -0.591. The maximum atomic E-state index is 14.3. The molecule has 224 valence electrons. The number of nitrogens with zero attached hydrogens (tertiary/aromatic N) is 7. The molecule has 44 heavy (non-hydrogen) atoms. The third-order valence-electron chi connectivity index (χ3n) is 7.96. The van der Waals surface area contributed by atoms with Crippen molar-refractivity contribution in [2.75, 3.05) is 45.2 Å². The van der Waals surface area contributed by atoms with E-state index in [2.05, 4.69) is 25.3 Å². The fourth-order valence-corrected chi connectivity index (χ4v) is 5.77. The van der Waals surface area contributed by atoms with Gasteiger partial charge in [-0.2, -0.15) is 5.10 Å². The Hall–Kier alpha value is -5.07. The average molecular weight is 595 g/mol. The van der Waals surface area contributed by atoms with Crippen molar-refractivity contribution in [1.82, 2.24) is 34.0 Å². The first-order chi connectivity index (χ1) is 21.5. The lowest BCUT2D eigenvalue weighted by molar-refractivity contribution is 0.0322. The Balaban J connectivity index is 1.26. The van der Waals surface area contributed by atoms with Crippen LogP contribution < -0.4 is 10.5 Å². The lowest BCUT2D eigenvalue weighted by Crippen LogP contribution is -2.38. The molecule has 1 fully saturated rings. The molecule has 7 rings (SSSR count). The smallest absolute Gasteiger partial charge is 0.164 e. The van der Waals surface area contributed by atoms with Crippen LogP contribution in [0, 0.1) is 5.82 Å². The van der Waals surface area contributed by atoms with Crippen LogP contribution in [0.25, 0.3) is 39.2 Å². The van der Waals surface area contributed by atoms with Crippen molar-refractivity contribution in [3.63, 3.8) is 0 Å².